The van der Waals surface area contributed by atoms with Crippen molar-refractivity contribution in [2.45, 2.75) is 39.5 Å². The summed E-state index contributed by atoms with van der Waals surface area (Å²) in [6, 6.07) is 4.42. The van der Waals surface area contributed by atoms with Crippen LogP contribution in [0.2, 0.25) is 0 Å². The Morgan fingerprint density at radius 3 is 2.56 bits per heavy atom. The van der Waals surface area contributed by atoms with Crippen LogP contribution >= 0.6 is 0 Å². The molecule has 0 spiro atoms. The number of nitrogens with two attached hydrogens (primary N) is 1. The number of allylic oxidation sites excluding steroid dienone is 3. The highest BCUT2D eigenvalue weighted by atomic mass is 19.3. The van der Waals surface area contributed by atoms with Crippen molar-refractivity contribution in [3.8, 4) is 0 Å². The minimum atomic E-state index is -3.11. The zero-order valence-electron chi connectivity index (χ0n) is 20.2. The predicted octanol–water partition coefficient (Wildman–Crippen LogP) is 1.65. The van der Waals surface area contributed by atoms with Crippen LogP contribution in [-0.2, 0) is 32.2 Å². The number of Topliss-reactive ketones (excluding diaryl/α,β-unsaturated/α-hetero) is 1. The van der Waals surface area contributed by atoms with Crippen LogP contribution < -0.4 is 11.1 Å². The highest BCUT2D eigenvalue weighted by Crippen LogP contribution is 2.30. The van der Waals surface area contributed by atoms with E-state index in [1.807, 2.05) is 0 Å². The molecular weight excluding hydrogens is 479 g/mol. The van der Waals surface area contributed by atoms with E-state index >= 15 is 0 Å². The molecule has 0 radical (unpaired) electrons. The molecule has 1 aliphatic heterocycles. The zero-order chi connectivity index (χ0) is 26.4. The third-order valence-corrected chi connectivity index (χ3v) is 6.03. The number of hydrogen-bond acceptors (Lipinski definition) is 7. The molecule has 0 unspecified atom stereocenters. The summed E-state index contributed by atoms with van der Waals surface area (Å²) < 4.78 is 44.6. The Bertz CT molecular complexity index is 1080. The van der Waals surface area contributed by atoms with E-state index in [4.69, 9.17) is 10.5 Å². The predicted molar refractivity (Wildman–Crippen MR) is 124 cm³/mol. The molecule has 2 amide bonds. The first-order chi connectivity index (χ1) is 17.1. The van der Waals surface area contributed by atoms with E-state index in [-0.39, 0.29) is 62.1 Å². The molecule has 0 aromatic heterocycles. The van der Waals surface area contributed by atoms with E-state index in [1.54, 1.807) is 18.1 Å². The number of fused-ring (bicyclic) bond motifs is 1. The number of benzene rings is 1. The SMILES string of the molecule is CC(=O)C1=CC(N(CC(=O)NCCN)CC(=O)N(C)N2Cc3ccc(F)cc3C2)=C(OC(F)F)CC1. The summed E-state index contributed by atoms with van der Waals surface area (Å²) in [6.07, 6.45) is 1.61. The van der Waals surface area contributed by atoms with Crippen LogP contribution in [-0.4, -0.2) is 72.4 Å². The lowest BCUT2D eigenvalue weighted by Crippen LogP contribution is -2.48. The van der Waals surface area contributed by atoms with Gasteiger partial charge < -0.3 is 20.7 Å². The molecule has 0 saturated heterocycles. The second-order valence-electron chi connectivity index (χ2n) is 8.56. The number of alkyl halides is 2. The maximum Gasteiger partial charge on any atom is 0.387 e. The van der Waals surface area contributed by atoms with Gasteiger partial charge in [-0.25, -0.2) is 9.40 Å². The minimum Gasteiger partial charge on any atom is -0.437 e. The van der Waals surface area contributed by atoms with Gasteiger partial charge in [-0.3, -0.25) is 19.4 Å². The molecule has 2 aliphatic rings. The molecule has 0 bridgehead atoms. The summed E-state index contributed by atoms with van der Waals surface area (Å²) in [7, 11) is 1.54. The second-order valence-corrected chi connectivity index (χ2v) is 8.56. The fraction of sp³-hybridized carbons (Fsp3) is 0.458. The second kappa shape index (κ2) is 12.0. The molecule has 9 nitrogen and oxygen atoms in total. The van der Waals surface area contributed by atoms with Crippen LogP contribution in [0.15, 0.2) is 41.3 Å². The molecule has 196 valence electrons. The van der Waals surface area contributed by atoms with Crippen molar-refractivity contribution in [3.63, 3.8) is 0 Å². The highest BCUT2D eigenvalue weighted by molar-refractivity contribution is 5.94. The van der Waals surface area contributed by atoms with Crippen LogP contribution in [0.3, 0.4) is 0 Å². The van der Waals surface area contributed by atoms with Gasteiger partial charge in [0.2, 0.25) is 5.91 Å². The lowest BCUT2D eigenvalue weighted by molar-refractivity contribution is -0.147. The number of ketones is 1. The van der Waals surface area contributed by atoms with Crippen LogP contribution in [0.1, 0.15) is 30.9 Å². The summed E-state index contributed by atoms with van der Waals surface area (Å²) >= 11 is 0. The van der Waals surface area contributed by atoms with Crippen LogP contribution in [0.25, 0.3) is 0 Å². The summed E-state index contributed by atoms with van der Waals surface area (Å²) in [6.45, 7) is -1.39. The van der Waals surface area contributed by atoms with Crippen molar-refractivity contribution in [2.75, 3.05) is 33.2 Å². The first-order valence-corrected chi connectivity index (χ1v) is 11.5. The molecule has 0 fully saturated rings. The van der Waals surface area contributed by atoms with Gasteiger partial charge in [-0.15, -0.1) is 0 Å². The van der Waals surface area contributed by atoms with Gasteiger partial charge in [0.25, 0.3) is 5.91 Å². The number of halogens is 3. The molecule has 1 heterocycles. The number of carbonyl (C=O) groups is 3. The van der Waals surface area contributed by atoms with E-state index in [1.165, 1.54) is 35.0 Å². The van der Waals surface area contributed by atoms with E-state index in [9.17, 15) is 27.6 Å². The van der Waals surface area contributed by atoms with Gasteiger partial charge in [-0.2, -0.15) is 8.78 Å². The fourth-order valence-electron chi connectivity index (χ4n) is 4.11. The highest BCUT2D eigenvalue weighted by Gasteiger charge is 2.30. The number of likely N-dealkylation sites (N-methyl/N-ethyl adjacent to an activating group) is 1. The van der Waals surface area contributed by atoms with Crippen molar-refractivity contribution < 1.29 is 32.3 Å². The smallest absolute Gasteiger partial charge is 0.387 e. The summed E-state index contributed by atoms with van der Waals surface area (Å²) in [5.41, 5.74) is 7.52. The summed E-state index contributed by atoms with van der Waals surface area (Å²) in [4.78, 5) is 39.1. The van der Waals surface area contributed by atoms with E-state index in [0.717, 1.165) is 11.1 Å². The fourth-order valence-corrected chi connectivity index (χ4v) is 4.11. The summed E-state index contributed by atoms with van der Waals surface area (Å²) in [5, 5.41) is 5.66. The molecule has 1 aliphatic carbocycles. The van der Waals surface area contributed by atoms with E-state index in [0.29, 0.717) is 18.7 Å². The number of amides is 2. The first kappa shape index (κ1) is 27.2. The van der Waals surface area contributed by atoms with Gasteiger partial charge >= 0.3 is 6.61 Å². The van der Waals surface area contributed by atoms with Crippen molar-refractivity contribution >= 4 is 17.6 Å². The van der Waals surface area contributed by atoms with Crippen LogP contribution in [0.4, 0.5) is 13.2 Å². The van der Waals surface area contributed by atoms with Crippen LogP contribution in [0.5, 0.6) is 0 Å². The van der Waals surface area contributed by atoms with E-state index < -0.39 is 18.4 Å². The lowest BCUT2D eigenvalue weighted by Gasteiger charge is -2.33. The number of nitrogens with zero attached hydrogens (tertiary/aromatic N) is 3. The van der Waals surface area contributed by atoms with Crippen molar-refractivity contribution in [2.24, 2.45) is 5.73 Å². The molecule has 0 atom stereocenters. The van der Waals surface area contributed by atoms with Gasteiger partial charge in [0, 0.05) is 39.6 Å². The average molecular weight is 510 g/mol. The number of ether oxygens (including phenoxy) is 1. The van der Waals surface area contributed by atoms with Crippen molar-refractivity contribution in [1.29, 1.82) is 0 Å². The number of hydrogen-bond donors (Lipinski definition) is 2. The normalized spacial score (nSPS) is 15.5. The van der Waals surface area contributed by atoms with Gasteiger partial charge in [0.05, 0.1) is 18.8 Å². The Kier molecular flexibility index (Phi) is 9.10. The van der Waals surface area contributed by atoms with Gasteiger partial charge in [-0.1, -0.05) is 6.07 Å². The Morgan fingerprint density at radius 2 is 1.89 bits per heavy atom. The Morgan fingerprint density at radius 1 is 1.17 bits per heavy atom. The van der Waals surface area contributed by atoms with Crippen LogP contribution in [0, 0.1) is 5.82 Å². The van der Waals surface area contributed by atoms with Gasteiger partial charge in [0.1, 0.15) is 11.6 Å². The quantitative estimate of drug-likeness (QED) is 0.467. The number of rotatable bonds is 11. The third-order valence-electron chi connectivity index (χ3n) is 6.03. The third kappa shape index (κ3) is 6.85. The van der Waals surface area contributed by atoms with Gasteiger partial charge in [0.15, 0.2) is 5.78 Å². The zero-order valence-corrected chi connectivity index (χ0v) is 20.2. The van der Waals surface area contributed by atoms with E-state index in [2.05, 4.69) is 5.32 Å². The molecule has 12 heteroatoms. The number of hydrazine groups is 1. The number of nitrogens with one attached hydrogen (secondary N) is 1. The maximum atomic E-state index is 13.6. The minimum absolute atomic E-state index is 0.0169. The molecular formula is C24H30F3N5O4. The average Bonchev–Trinajstić information content (AvgIpc) is 3.24. The Balaban J connectivity index is 1.85. The molecule has 1 aromatic rings. The number of carbonyl (C=O) groups excluding carboxylic acids is 3. The monoisotopic (exact) mass is 509 g/mol. The first-order valence-electron chi connectivity index (χ1n) is 11.5. The molecule has 36 heavy (non-hydrogen) atoms. The summed E-state index contributed by atoms with van der Waals surface area (Å²) in [5.74, 6) is -1.65. The largest absolute Gasteiger partial charge is 0.437 e. The maximum absolute atomic E-state index is 13.6. The molecule has 3 rings (SSSR count). The molecule has 3 N–H and O–H groups in total. The standard InChI is InChI=1S/C24H30F3N5O4/c1-15(33)16-4-6-21(36-24(26)27)20(10-16)31(13-22(34)29-8-7-28)14-23(35)30(2)32-11-17-3-5-19(25)9-18(17)12-32/h3,5,9-10,24H,4,6-8,11-14,28H2,1-2H3,(H,29,34). The topological polar surface area (TPSA) is 108 Å². The van der Waals surface area contributed by atoms with Gasteiger partial charge in [-0.05, 0) is 48.3 Å². The lowest BCUT2D eigenvalue weighted by atomic mass is 9.98. The Labute approximate surface area is 207 Å². The molecule has 0 saturated carbocycles. The van der Waals surface area contributed by atoms with Crippen molar-refractivity contribution in [1.82, 2.24) is 20.2 Å². The Hall–Kier alpha value is -3.38. The molecule has 1 aromatic carbocycles. The van der Waals surface area contributed by atoms with Crippen molar-refractivity contribution in [3.05, 3.63) is 58.2 Å².